The third-order valence-electron chi connectivity index (χ3n) is 3.16. The van der Waals surface area contributed by atoms with Gasteiger partial charge in [0.05, 0.1) is 16.9 Å². The molecule has 0 bridgehead atoms. The number of amides is 2. The maximum Gasteiger partial charge on any atom is 0.306 e. The molecule has 22 heavy (non-hydrogen) atoms. The van der Waals surface area contributed by atoms with Gasteiger partial charge in [-0.15, -0.1) is 11.3 Å². The van der Waals surface area contributed by atoms with Crippen molar-refractivity contribution in [2.45, 2.75) is 51.8 Å². The summed E-state index contributed by atoms with van der Waals surface area (Å²) in [6.07, 6.45) is 0.167. The van der Waals surface area contributed by atoms with Gasteiger partial charge < -0.3 is 15.4 Å². The van der Waals surface area contributed by atoms with Crippen LogP contribution in [-0.4, -0.2) is 39.3 Å². The molecule has 1 aromatic rings. The summed E-state index contributed by atoms with van der Waals surface area (Å²) in [5, 5.41) is 0. The van der Waals surface area contributed by atoms with Gasteiger partial charge in [0.25, 0.3) is 5.91 Å². The number of hydrogen-bond acceptors (Lipinski definition) is 6. The summed E-state index contributed by atoms with van der Waals surface area (Å²) in [5.41, 5.74) is 6.77. The van der Waals surface area contributed by atoms with Crippen LogP contribution in [0.4, 0.5) is 0 Å². The van der Waals surface area contributed by atoms with E-state index in [1.165, 1.54) is 16.2 Å². The van der Waals surface area contributed by atoms with E-state index in [1.54, 1.807) is 26.3 Å². The Hall–Kier alpha value is -1.96. The standard InChI is InChI=1S/C14H19N3O4S/c1-14(2,3)21-10(18)5-4-8(12(15)19)17-6-9-11(13(17)20)16-7-22-9/h7-8H,4-6H2,1-3H3,(H2,15,19). The van der Waals surface area contributed by atoms with E-state index >= 15 is 0 Å². The Balaban J connectivity index is 2.00. The van der Waals surface area contributed by atoms with Crippen LogP contribution in [0.1, 0.15) is 49.0 Å². The minimum atomic E-state index is -0.832. The maximum atomic E-state index is 12.2. The number of esters is 1. The number of carbonyl (C=O) groups excluding carboxylic acids is 3. The van der Waals surface area contributed by atoms with E-state index in [0.717, 1.165) is 4.88 Å². The molecule has 1 aliphatic rings. The van der Waals surface area contributed by atoms with Crippen LogP contribution in [-0.2, 0) is 20.9 Å². The van der Waals surface area contributed by atoms with E-state index in [1.807, 2.05) is 0 Å². The van der Waals surface area contributed by atoms with Gasteiger partial charge in [-0.25, -0.2) is 4.98 Å². The summed E-state index contributed by atoms with van der Waals surface area (Å²) in [4.78, 5) is 41.8. The molecule has 0 aromatic carbocycles. The molecule has 1 atom stereocenters. The normalized spacial score (nSPS) is 15.6. The summed E-state index contributed by atoms with van der Waals surface area (Å²) in [6.45, 7) is 5.61. The summed E-state index contributed by atoms with van der Waals surface area (Å²) in [7, 11) is 0. The minimum absolute atomic E-state index is 0.0235. The molecule has 0 saturated heterocycles. The van der Waals surface area contributed by atoms with Crippen molar-refractivity contribution in [2.75, 3.05) is 0 Å². The van der Waals surface area contributed by atoms with E-state index in [-0.39, 0.29) is 18.7 Å². The molecule has 7 nitrogen and oxygen atoms in total. The summed E-state index contributed by atoms with van der Waals surface area (Å²) < 4.78 is 5.20. The zero-order valence-electron chi connectivity index (χ0n) is 12.8. The third-order valence-corrected chi connectivity index (χ3v) is 3.98. The zero-order chi connectivity index (χ0) is 16.5. The van der Waals surface area contributed by atoms with Crippen LogP contribution in [0.25, 0.3) is 0 Å². The van der Waals surface area contributed by atoms with Gasteiger partial charge in [-0.2, -0.15) is 0 Å². The molecule has 8 heteroatoms. The van der Waals surface area contributed by atoms with Crippen molar-refractivity contribution in [3.8, 4) is 0 Å². The summed E-state index contributed by atoms with van der Waals surface area (Å²) in [6, 6.07) is -0.832. The van der Waals surface area contributed by atoms with Crippen LogP contribution < -0.4 is 5.73 Å². The average Bonchev–Trinajstić information content (AvgIpc) is 2.92. The van der Waals surface area contributed by atoms with E-state index < -0.39 is 23.5 Å². The van der Waals surface area contributed by atoms with Crippen molar-refractivity contribution in [2.24, 2.45) is 5.73 Å². The lowest BCUT2D eigenvalue weighted by molar-refractivity contribution is -0.155. The van der Waals surface area contributed by atoms with Crippen LogP contribution in [0.15, 0.2) is 5.51 Å². The number of ether oxygens (including phenoxy) is 1. The first-order valence-electron chi connectivity index (χ1n) is 6.93. The van der Waals surface area contributed by atoms with Gasteiger partial charge in [-0.1, -0.05) is 0 Å². The van der Waals surface area contributed by atoms with Crippen LogP contribution in [0.2, 0.25) is 0 Å². The number of carbonyl (C=O) groups is 3. The molecule has 0 fully saturated rings. The Morgan fingerprint density at radius 2 is 2.18 bits per heavy atom. The number of nitrogens with zero attached hydrogens (tertiary/aromatic N) is 2. The van der Waals surface area contributed by atoms with Crippen molar-refractivity contribution in [1.82, 2.24) is 9.88 Å². The molecule has 1 aliphatic heterocycles. The van der Waals surface area contributed by atoms with E-state index in [0.29, 0.717) is 12.2 Å². The van der Waals surface area contributed by atoms with Gasteiger partial charge in [-0.05, 0) is 27.2 Å². The van der Waals surface area contributed by atoms with Crippen molar-refractivity contribution in [3.63, 3.8) is 0 Å². The summed E-state index contributed by atoms with van der Waals surface area (Å²) >= 11 is 1.36. The fourth-order valence-corrected chi connectivity index (χ4v) is 3.02. The van der Waals surface area contributed by atoms with Gasteiger partial charge >= 0.3 is 5.97 Å². The molecule has 1 aromatic heterocycles. The second kappa shape index (κ2) is 6.04. The van der Waals surface area contributed by atoms with Crippen LogP contribution in [0.3, 0.4) is 0 Å². The van der Waals surface area contributed by atoms with Gasteiger partial charge in [0.2, 0.25) is 5.91 Å². The highest BCUT2D eigenvalue weighted by molar-refractivity contribution is 7.10. The first kappa shape index (κ1) is 16.4. The highest BCUT2D eigenvalue weighted by atomic mass is 32.1. The third kappa shape index (κ3) is 3.62. The van der Waals surface area contributed by atoms with E-state index in [2.05, 4.69) is 4.98 Å². The van der Waals surface area contributed by atoms with Gasteiger partial charge in [0, 0.05) is 6.42 Å². The fourth-order valence-electron chi connectivity index (χ4n) is 2.27. The summed E-state index contributed by atoms with van der Waals surface area (Å²) in [5.74, 6) is -1.37. The number of primary amides is 1. The van der Waals surface area contributed by atoms with Crippen molar-refractivity contribution >= 4 is 29.1 Å². The second-order valence-electron chi connectivity index (χ2n) is 6.10. The predicted octanol–water partition coefficient (Wildman–Crippen LogP) is 1.07. The molecule has 1 unspecified atom stereocenters. The number of thiazole rings is 1. The largest absolute Gasteiger partial charge is 0.460 e. The van der Waals surface area contributed by atoms with Crippen LogP contribution in [0.5, 0.6) is 0 Å². The molecule has 0 saturated carbocycles. The lowest BCUT2D eigenvalue weighted by Gasteiger charge is -2.25. The number of hydrogen-bond donors (Lipinski definition) is 1. The van der Waals surface area contributed by atoms with E-state index in [9.17, 15) is 14.4 Å². The quantitative estimate of drug-likeness (QED) is 0.816. The molecule has 0 aliphatic carbocycles. The number of fused-ring (bicyclic) bond motifs is 1. The number of rotatable bonds is 5. The topological polar surface area (TPSA) is 103 Å². The predicted molar refractivity (Wildman–Crippen MR) is 80.0 cm³/mol. The molecule has 0 spiro atoms. The highest BCUT2D eigenvalue weighted by Gasteiger charge is 2.37. The Labute approximate surface area is 132 Å². The van der Waals surface area contributed by atoms with E-state index in [4.69, 9.17) is 10.5 Å². The Bertz CT molecular complexity index is 605. The molecule has 2 amide bonds. The molecule has 2 heterocycles. The minimum Gasteiger partial charge on any atom is -0.460 e. The zero-order valence-corrected chi connectivity index (χ0v) is 13.6. The van der Waals surface area contributed by atoms with Crippen LogP contribution in [0, 0.1) is 0 Å². The second-order valence-corrected chi connectivity index (χ2v) is 7.04. The van der Waals surface area contributed by atoms with Gasteiger partial charge in [0.1, 0.15) is 17.3 Å². The molecule has 0 radical (unpaired) electrons. The lowest BCUT2D eigenvalue weighted by Crippen LogP contribution is -2.45. The van der Waals surface area contributed by atoms with Crippen LogP contribution >= 0.6 is 11.3 Å². The molecular formula is C14H19N3O4S. The lowest BCUT2D eigenvalue weighted by atomic mass is 10.1. The average molecular weight is 325 g/mol. The first-order chi connectivity index (χ1) is 10.2. The van der Waals surface area contributed by atoms with Crippen molar-refractivity contribution in [1.29, 1.82) is 0 Å². The Morgan fingerprint density at radius 3 is 2.73 bits per heavy atom. The Kier molecular flexibility index (Phi) is 4.50. The van der Waals surface area contributed by atoms with Gasteiger partial charge in [-0.3, -0.25) is 14.4 Å². The number of nitrogens with two attached hydrogens (primary N) is 1. The smallest absolute Gasteiger partial charge is 0.306 e. The molecule has 2 rings (SSSR count). The van der Waals surface area contributed by atoms with Crippen molar-refractivity contribution in [3.05, 3.63) is 16.1 Å². The van der Waals surface area contributed by atoms with Gasteiger partial charge in [0.15, 0.2) is 0 Å². The molecule has 120 valence electrons. The highest BCUT2D eigenvalue weighted by Crippen LogP contribution is 2.28. The fraction of sp³-hybridized carbons (Fsp3) is 0.571. The van der Waals surface area contributed by atoms with Crippen molar-refractivity contribution < 1.29 is 19.1 Å². The monoisotopic (exact) mass is 325 g/mol. The molecule has 2 N–H and O–H groups in total. The SMILES string of the molecule is CC(C)(C)OC(=O)CCC(C(N)=O)N1Cc2scnc2C1=O. The Morgan fingerprint density at radius 1 is 1.50 bits per heavy atom. The maximum absolute atomic E-state index is 12.2. The number of aromatic nitrogens is 1. The first-order valence-corrected chi connectivity index (χ1v) is 7.81. The molecular weight excluding hydrogens is 306 g/mol.